The first-order chi connectivity index (χ1) is 9.86. The van der Waals surface area contributed by atoms with Gasteiger partial charge in [-0.2, -0.15) is 11.8 Å². The Hall–Kier alpha value is -0.810. The summed E-state index contributed by atoms with van der Waals surface area (Å²) in [5.41, 5.74) is 0.775. The topological polar surface area (TPSA) is 15.3 Å². The predicted molar refractivity (Wildman–Crippen MR) is 87.1 cm³/mol. The number of benzene rings is 1. The molecular formula is C16H24F2N2S. The van der Waals surface area contributed by atoms with Gasteiger partial charge in [0.25, 0.3) is 0 Å². The maximum absolute atomic E-state index is 14.4. The third-order valence-electron chi connectivity index (χ3n) is 3.53. The molecule has 1 aromatic carbocycles. The van der Waals surface area contributed by atoms with E-state index >= 15 is 0 Å². The normalized spacial score (nSPS) is 22.9. The highest BCUT2D eigenvalue weighted by molar-refractivity contribution is 8.00. The van der Waals surface area contributed by atoms with E-state index in [-0.39, 0.29) is 11.7 Å². The van der Waals surface area contributed by atoms with Gasteiger partial charge in [-0.1, -0.05) is 27.7 Å². The SMILES string of the molecule is CC(C)NCc1cc(F)c(N2CC(C)SC(C)C2)c(F)c1. The van der Waals surface area contributed by atoms with Gasteiger partial charge >= 0.3 is 0 Å². The van der Waals surface area contributed by atoms with Gasteiger partial charge in [0.15, 0.2) is 0 Å². The summed E-state index contributed by atoms with van der Waals surface area (Å²) in [6, 6.07) is 3.19. The molecule has 0 spiro atoms. The van der Waals surface area contributed by atoms with E-state index in [1.807, 2.05) is 30.5 Å². The minimum absolute atomic E-state index is 0.127. The fraction of sp³-hybridized carbons (Fsp3) is 0.625. The third kappa shape index (κ3) is 4.33. The van der Waals surface area contributed by atoms with E-state index in [4.69, 9.17) is 0 Å². The number of hydrogen-bond acceptors (Lipinski definition) is 3. The van der Waals surface area contributed by atoms with E-state index in [1.165, 1.54) is 12.1 Å². The van der Waals surface area contributed by atoms with Gasteiger partial charge in [0.05, 0.1) is 0 Å². The Balaban J connectivity index is 2.20. The van der Waals surface area contributed by atoms with Gasteiger partial charge in [-0.3, -0.25) is 0 Å². The van der Waals surface area contributed by atoms with Gasteiger partial charge < -0.3 is 10.2 Å². The van der Waals surface area contributed by atoms with Crippen LogP contribution in [0.3, 0.4) is 0 Å². The lowest BCUT2D eigenvalue weighted by atomic mass is 10.1. The molecule has 118 valence electrons. The molecule has 21 heavy (non-hydrogen) atoms. The number of rotatable bonds is 4. The number of nitrogens with zero attached hydrogens (tertiary/aromatic N) is 1. The molecule has 2 atom stereocenters. The summed E-state index contributed by atoms with van der Waals surface area (Å²) in [6.07, 6.45) is 0. The van der Waals surface area contributed by atoms with Crippen molar-refractivity contribution in [3.8, 4) is 0 Å². The first-order valence-electron chi connectivity index (χ1n) is 7.48. The van der Waals surface area contributed by atoms with Crippen molar-refractivity contribution < 1.29 is 8.78 Å². The number of thioether (sulfide) groups is 1. The summed E-state index contributed by atoms with van der Waals surface area (Å²) in [4.78, 5) is 1.84. The molecule has 1 heterocycles. The predicted octanol–water partition coefficient (Wildman–Crippen LogP) is 3.79. The van der Waals surface area contributed by atoms with E-state index in [0.717, 1.165) is 0 Å². The van der Waals surface area contributed by atoms with Gasteiger partial charge in [0.2, 0.25) is 0 Å². The fourth-order valence-corrected chi connectivity index (χ4v) is 4.03. The van der Waals surface area contributed by atoms with Crippen LogP contribution in [0.25, 0.3) is 0 Å². The molecule has 1 N–H and O–H groups in total. The summed E-state index contributed by atoms with van der Waals surface area (Å²) < 4.78 is 28.7. The molecule has 5 heteroatoms. The van der Waals surface area contributed by atoms with Crippen molar-refractivity contribution in [2.45, 2.75) is 50.8 Å². The molecule has 1 fully saturated rings. The molecule has 2 unspecified atom stereocenters. The lowest BCUT2D eigenvalue weighted by Gasteiger charge is -2.36. The smallest absolute Gasteiger partial charge is 0.149 e. The number of anilines is 1. The Morgan fingerprint density at radius 3 is 2.19 bits per heavy atom. The first kappa shape index (κ1) is 16.6. The van der Waals surface area contributed by atoms with Crippen LogP contribution >= 0.6 is 11.8 Å². The van der Waals surface area contributed by atoms with Gasteiger partial charge in [-0.25, -0.2) is 8.78 Å². The summed E-state index contributed by atoms with van der Waals surface area (Å²) in [6.45, 7) is 10.1. The van der Waals surface area contributed by atoms with Crippen LogP contribution < -0.4 is 10.2 Å². The lowest BCUT2D eigenvalue weighted by Crippen LogP contribution is -2.41. The standard InChI is InChI=1S/C16H24F2N2S/c1-10(2)19-7-13-5-14(17)16(15(18)6-13)20-8-11(3)21-12(4)9-20/h5-6,10-12,19H,7-9H2,1-4H3. The lowest BCUT2D eigenvalue weighted by molar-refractivity contribution is 0.551. The molecule has 1 aromatic rings. The molecule has 1 saturated heterocycles. The molecule has 0 saturated carbocycles. The van der Waals surface area contributed by atoms with Crippen LogP contribution in [-0.2, 0) is 6.54 Å². The monoisotopic (exact) mass is 314 g/mol. The van der Waals surface area contributed by atoms with Crippen molar-refractivity contribution in [2.75, 3.05) is 18.0 Å². The Kier molecular flexibility index (Phi) is 5.49. The van der Waals surface area contributed by atoms with Gasteiger partial charge in [0.1, 0.15) is 17.3 Å². The maximum Gasteiger partial charge on any atom is 0.149 e. The molecular weight excluding hydrogens is 290 g/mol. The number of hydrogen-bond donors (Lipinski definition) is 1. The summed E-state index contributed by atoms with van der Waals surface area (Å²) in [7, 11) is 0. The molecule has 2 nitrogen and oxygen atoms in total. The van der Waals surface area contributed by atoms with Gasteiger partial charge in [0, 0.05) is 36.2 Å². The fourth-order valence-electron chi connectivity index (χ4n) is 2.70. The molecule has 0 radical (unpaired) electrons. The zero-order valence-electron chi connectivity index (χ0n) is 13.1. The highest BCUT2D eigenvalue weighted by Crippen LogP contribution is 2.32. The van der Waals surface area contributed by atoms with Crippen LogP contribution in [0.5, 0.6) is 0 Å². The average Bonchev–Trinajstić information content (AvgIpc) is 2.34. The van der Waals surface area contributed by atoms with Crippen molar-refractivity contribution in [1.29, 1.82) is 0 Å². The van der Waals surface area contributed by atoms with Crippen molar-refractivity contribution >= 4 is 17.4 Å². The Morgan fingerprint density at radius 2 is 1.71 bits per heavy atom. The Labute approximate surface area is 130 Å². The van der Waals surface area contributed by atoms with Crippen molar-refractivity contribution in [1.82, 2.24) is 5.32 Å². The van der Waals surface area contributed by atoms with E-state index in [0.29, 0.717) is 35.7 Å². The van der Waals surface area contributed by atoms with Crippen LogP contribution in [0.2, 0.25) is 0 Å². The minimum atomic E-state index is -0.457. The number of halogens is 2. The Bertz CT molecular complexity index is 460. The van der Waals surface area contributed by atoms with Crippen LogP contribution in [0.15, 0.2) is 12.1 Å². The summed E-state index contributed by atoms with van der Waals surface area (Å²) in [5, 5.41) is 3.95. The average molecular weight is 314 g/mol. The highest BCUT2D eigenvalue weighted by atomic mass is 32.2. The van der Waals surface area contributed by atoms with Crippen molar-refractivity contribution in [2.24, 2.45) is 0 Å². The van der Waals surface area contributed by atoms with Crippen molar-refractivity contribution in [3.63, 3.8) is 0 Å². The van der Waals surface area contributed by atoms with Crippen LogP contribution in [0, 0.1) is 11.6 Å². The van der Waals surface area contributed by atoms with E-state index in [9.17, 15) is 8.78 Å². The van der Waals surface area contributed by atoms with Crippen molar-refractivity contribution in [3.05, 3.63) is 29.3 Å². The second kappa shape index (κ2) is 6.97. The molecule has 1 aliphatic rings. The number of nitrogens with one attached hydrogen (secondary N) is 1. The molecule has 2 rings (SSSR count). The van der Waals surface area contributed by atoms with E-state index in [2.05, 4.69) is 19.2 Å². The summed E-state index contributed by atoms with van der Waals surface area (Å²) >= 11 is 1.87. The second-order valence-corrected chi connectivity index (χ2v) is 7.99. The molecule has 0 bridgehead atoms. The quantitative estimate of drug-likeness (QED) is 0.910. The largest absolute Gasteiger partial charge is 0.365 e. The Morgan fingerprint density at radius 1 is 1.19 bits per heavy atom. The molecule has 1 aliphatic heterocycles. The van der Waals surface area contributed by atoms with Gasteiger partial charge in [-0.05, 0) is 17.7 Å². The second-order valence-electron chi connectivity index (χ2n) is 6.11. The van der Waals surface area contributed by atoms with E-state index in [1.54, 1.807) is 0 Å². The minimum Gasteiger partial charge on any atom is -0.365 e. The van der Waals surface area contributed by atoms with E-state index < -0.39 is 11.6 Å². The van der Waals surface area contributed by atoms with Crippen LogP contribution in [0.4, 0.5) is 14.5 Å². The van der Waals surface area contributed by atoms with Gasteiger partial charge in [-0.15, -0.1) is 0 Å². The van der Waals surface area contributed by atoms with Crippen LogP contribution in [0.1, 0.15) is 33.3 Å². The zero-order valence-corrected chi connectivity index (χ0v) is 13.9. The van der Waals surface area contributed by atoms with Crippen LogP contribution in [-0.4, -0.2) is 29.6 Å². The first-order valence-corrected chi connectivity index (χ1v) is 8.42. The molecule has 0 aliphatic carbocycles. The highest BCUT2D eigenvalue weighted by Gasteiger charge is 2.26. The third-order valence-corrected chi connectivity index (χ3v) is 4.75. The molecule has 0 aromatic heterocycles. The zero-order chi connectivity index (χ0) is 15.6. The molecule has 0 amide bonds. The maximum atomic E-state index is 14.4. The summed E-state index contributed by atoms with van der Waals surface area (Å²) in [5.74, 6) is -0.913.